The number of thiazole rings is 1. The minimum absolute atomic E-state index is 0.172. The highest BCUT2D eigenvalue weighted by atomic mass is 32.1. The van der Waals surface area contributed by atoms with E-state index in [1.165, 1.54) is 11.3 Å². The number of para-hydroxylation sites is 1. The van der Waals surface area contributed by atoms with E-state index in [-0.39, 0.29) is 11.5 Å². The molecule has 7 nitrogen and oxygen atoms in total. The molecule has 0 spiro atoms. The molecule has 1 N–H and O–H groups in total. The lowest BCUT2D eigenvalue weighted by atomic mass is 9.95. The molecular formula is C29H29N5O2S. The van der Waals surface area contributed by atoms with Crippen LogP contribution < -0.4 is 20.2 Å². The summed E-state index contributed by atoms with van der Waals surface area (Å²) >= 11 is 1.34. The summed E-state index contributed by atoms with van der Waals surface area (Å²) in [6.45, 7) is 10.5. The van der Waals surface area contributed by atoms with Gasteiger partial charge in [0.1, 0.15) is 0 Å². The fraction of sp³-hybridized carbons (Fsp3) is 0.241. The van der Waals surface area contributed by atoms with Gasteiger partial charge < -0.3 is 5.32 Å². The van der Waals surface area contributed by atoms with Crippen molar-refractivity contribution in [2.75, 3.05) is 5.32 Å². The largest absolute Gasteiger partial charge is 0.322 e. The van der Waals surface area contributed by atoms with E-state index in [1.54, 1.807) is 4.57 Å². The summed E-state index contributed by atoms with van der Waals surface area (Å²) in [7, 11) is 0. The molecule has 37 heavy (non-hydrogen) atoms. The van der Waals surface area contributed by atoms with Crippen molar-refractivity contribution in [2.45, 2.75) is 47.2 Å². The Kier molecular flexibility index (Phi) is 6.52. The Labute approximate surface area is 219 Å². The highest BCUT2D eigenvalue weighted by Gasteiger charge is 2.32. The van der Waals surface area contributed by atoms with Gasteiger partial charge in [-0.1, -0.05) is 59.9 Å². The lowest BCUT2D eigenvalue weighted by Gasteiger charge is -2.25. The van der Waals surface area contributed by atoms with Crippen LogP contribution in [-0.4, -0.2) is 20.3 Å². The minimum atomic E-state index is -0.593. The number of amides is 1. The fourth-order valence-corrected chi connectivity index (χ4v) is 5.85. The van der Waals surface area contributed by atoms with Crippen LogP contribution in [0.15, 0.2) is 75.7 Å². The Morgan fingerprint density at radius 3 is 2.43 bits per heavy atom. The maximum absolute atomic E-state index is 13.9. The molecule has 188 valence electrons. The van der Waals surface area contributed by atoms with E-state index >= 15 is 0 Å². The predicted molar refractivity (Wildman–Crippen MR) is 147 cm³/mol. The van der Waals surface area contributed by atoms with Gasteiger partial charge >= 0.3 is 0 Å². The number of anilines is 1. The number of benzene rings is 2. The summed E-state index contributed by atoms with van der Waals surface area (Å²) in [5.74, 6) is -0.269. The number of aromatic nitrogens is 3. The molecule has 0 unspecified atom stereocenters. The second-order valence-electron chi connectivity index (χ2n) is 9.16. The van der Waals surface area contributed by atoms with Crippen LogP contribution in [0.3, 0.4) is 0 Å². The third-order valence-electron chi connectivity index (χ3n) is 6.79. The maximum atomic E-state index is 13.9. The van der Waals surface area contributed by atoms with E-state index in [0.29, 0.717) is 20.6 Å². The third-order valence-corrected chi connectivity index (χ3v) is 7.77. The number of nitrogens with one attached hydrogen (secondary N) is 1. The summed E-state index contributed by atoms with van der Waals surface area (Å²) in [5, 5.41) is 7.63. The van der Waals surface area contributed by atoms with Crippen molar-refractivity contribution >= 4 is 29.0 Å². The number of carbonyl (C=O) groups excluding carboxylic acids is 1. The molecule has 2 aromatic heterocycles. The van der Waals surface area contributed by atoms with Gasteiger partial charge in [0.15, 0.2) is 4.80 Å². The second-order valence-corrected chi connectivity index (χ2v) is 10.2. The zero-order valence-corrected chi connectivity index (χ0v) is 22.4. The molecule has 8 heteroatoms. The van der Waals surface area contributed by atoms with Crippen molar-refractivity contribution in [1.82, 2.24) is 14.3 Å². The maximum Gasteiger partial charge on any atom is 0.271 e. The number of carbonyl (C=O) groups is 1. The topological polar surface area (TPSA) is 81.3 Å². The first-order valence-corrected chi connectivity index (χ1v) is 13.1. The van der Waals surface area contributed by atoms with Gasteiger partial charge in [0.2, 0.25) is 0 Å². The van der Waals surface area contributed by atoms with Gasteiger partial charge in [-0.3, -0.25) is 18.8 Å². The quantitative estimate of drug-likeness (QED) is 0.440. The molecule has 0 saturated carbocycles. The average molecular weight is 512 g/mol. The Morgan fingerprint density at radius 1 is 1.05 bits per heavy atom. The molecule has 2 aromatic carbocycles. The van der Waals surface area contributed by atoms with Gasteiger partial charge in [0.25, 0.3) is 11.5 Å². The number of aryl methyl sites for hydroxylation is 3. The predicted octanol–water partition coefficient (Wildman–Crippen LogP) is 4.02. The van der Waals surface area contributed by atoms with Gasteiger partial charge in [-0.2, -0.15) is 5.10 Å². The normalized spacial score (nSPS) is 15.5. The summed E-state index contributed by atoms with van der Waals surface area (Å²) < 4.78 is 4.15. The van der Waals surface area contributed by atoms with Crippen LogP contribution in [0.4, 0.5) is 5.69 Å². The first-order chi connectivity index (χ1) is 17.8. The first kappa shape index (κ1) is 24.6. The zero-order chi connectivity index (χ0) is 26.3. The standard InChI is InChI=1S/C29H29N5O2S/c1-6-33-20(5)22(18(3)32-33)16-24-28(36)34-26(21-13-8-7-9-14-21)25(19(4)30-29(34)37-24)27(35)31-23-15-11-10-12-17(23)2/h7-16,26H,6H2,1-5H3,(H,31,35)/b24-16-/t26-/m0/s1. The third kappa shape index (κ3) is 4.38. The molecule has 5 rings (SSSR count). The number of hydrogen-bond acceptors (Lipinski definition) is 5. The second kappa shape index (κ2) is 9.78. The smallest absolute Gasteiger partial charge is 0.271 e. The van der Waals surface area contributed by atoms with E-state index in [2.05, 4.69) is 10.4 Å². The van der Waals surface area contributed by atoms with Gasteiger partial charge in [-0.05, 0) is 57.9 Å². The molecular weight excluding hydrogens is 482 g/mol. The molecule has 4 aromatic rings. The van der Waals surface area contributed by atoms with Gasteiger partial charge in [0, 0.05) is 23.5 Å². The summed E-state index contributed by atoms with van der Waals surface area (Å²) in [5.41, 5.74) is 6.26. The molecule has 3 heterocycles. The molecule has 0 bridgehead atoms. The summed E-state index contributed by atoms with van der Waals surface area (Å²) in [6.07, 6.45) is 1.90. The van der Waals surface area contributed by atoms with E-state index in [4.69, 9.17) is 4.99 Å². The zero-order valence-electron chi connectivity index (χ0n) is 21.6. The molecule has 0 fully saturated rings. The van der Waals surface area contributed by atoms with Crippen molar-refractivity contribution < 1.29 is 4.79 Å². The number of fused-ring (bicyclic) bond motifs is 1. The van der Waals surface area contributed by atoms with E-state index in [0.717, 1.165) is 40.3 Å². The van der Waals surface area contributed by atoms with E-state index in [9.17, 15) is 9.59 Å². The Hall–Kier alpha value is -4.04. The molecule has 1 atom stereocenters. The van der Waals surface area contributed by atoms with Gasteiger partial charge in [0.05, 0.1) is 27.5 Å². The van der Waals surface area contributed by atoms with E-state index in [1.807, 2.05) is 100.0 Å². The fourth-order valence-electron chi connectivity index (χ4n) is 4.82. The SMILES string of the molecule is CCn1nc(C)c(/C=c2\sc3n(c2=O)[C@@H](c2ccccc2)C(C(=O)Nc2ccccc2C)=C(C)N=3)c1C. The van der Waals surface area contributed by atoms with Crippen LogP contribution in [0, 0.1) is 20.8 Å². The molecule has 1 aliphatic heterocycles. The van der Waals surface area contributed by atoms with Crippen LogP contribution >= 0.6 is 11.3 Å². The van der Waals surface area contributed by atoms with Crippen LogP contribution in [0.2, 0.25) is 0 Å². The molecule has 0 aliphatic carbocycles. The monoisotopic (exact) mass is 511 g/mol. The minimum Gasteiger partial charge on any atom is -0.322 e. The molecule has 1 aliphatic rings. The number of nitrogens with zero attached hydrogens (tertiary/aromatic N) is 4. The van der Waals surface area contributed by atoms with Crippen LogP contribution in [-0.2, 0) is 11.3 Å². The average Bonchev–Trinajstić information content (AvgIpc) is 3.34. The summed E-state index contributed by atoms with van der Waals surface area (Å²) in [4.78, 5) is 32.9. The first-order valence-electron chi connectivity index (χ1n) is 12.3. The number of hydrogen-bond donors (Lipinski definition) is 1. The van der Waals surface area contributed by atoms with Crippen LogP contribution in [0.5, 0.6) is 0 Å². The van der Waals surface area contributed by atoms with Gasteiger partial charge in [-0.25, -0.2) is 4.99 Å². The van der Waals surface area contributed by atoms with Crippen molar-refractivity contribution in [1.29, 1.82) is 0 Å². The molecule has 0 saturated heterocycles. The highest BCUT2D eigenvalue weighted by Crippen LogP contribution is 2.31. The van der Waals surface area contributed by atoms with Crippen LogP contribution in [0.1, 0.15) is 48.0 Å². The molecule has 1 amide bonds. The van der Waals surface area contributed by atoms with Crippen LogP contribution in [0.25, 0.3) is 6.08 Å². The molecule has 0 radical (unpaired) electrons. The van der Waals surface area contributed by atoms with Crippen molar-refractivity contribution in [3.8, 4) is 0 Å². The Bertz CT molecular complexity index is 1720. The van der Waals surface area contributed by atoms with Crippen molar-refractivity contribution in [2.24, 2.45) is 4.99 Å². The van der Waals surface area contributed by atoms with Crippen molar-refractivity contribution in [3.05, 3.63) is 114 Å². The number of rotatable bonds is 5. The van der Waals surface area contributed by atoms with E-state index < -0.39 is 6.04 Å². The summed E-state index contributed by atoms with van der Waals surface area (Å²) in [6, 6.07) is 16.7. The lowest BCUT2D eigenvalue weighted by molar-refractivity contribution is -0.113. The Balaban J connectivity index is 1.68. The Morgan fingerprint density at radius 2 is 1.76 bits per heavy atom. The highest BCUT2D eigenvalue weighted by molar-refractivity contribution is 7.07. The van der Waals surface area contributed by atoms with Crippen molar-refractivity contribution in [3.63, 3.8) is 0 Å². The number of allylic oxidation sites excluding steroid dienone is 1. The van der Waals surface area contributed by atoms with Gasteiger partial charge in [-0.15, -0.1) is 0 Å². The lowest BCUT2D eigenvalue weighted by Crippen LogP contribution is -2.40.